The number of carbonyl (C=O) groups is 1. The zero-order chi connectivity index (χ0) is 23.6. The Morgan fingerprint density at radius 3 is 2.44 bits per heavy atom. The van der Waals surface area contributed by atoms with Crippen LogP contribution in [0.25, 0.3) is 0 Å². The van der Waals surface area contributed by atoms with Gasteiger partial charge in [-0.2, -0.15) is 4.31 Å². The van der Waals surface area contributed by atoms with Gasteiger partial charge >= 0.3 is 0 Å². The molecule has 1 saturated heterocycles. The molecule has 1 aromatic carbocycles. The summed E-state index contributed by atoms with van der Waals surface area (Å²) < 4.78 is 33.6. The number of amides is 1. The molecular weight excluding hydrogens is 430 g/mol. The Hall–Kier alpha value is -2.65. The van der Waals surface area contributed by atoms with Gasteiger partial charge in [0.25, 0.3) is 11.5 Å². The van der Waals surface area contributed by atoms with Gasteiger partial charge in [0.15, 0.2) is 0 Å². The van der Waals surface area contributed by atoms with Crippen molar-refractivity contribution in [2.24, 2.45) is 11.8 Å². The highest BCUT2D eigenvalue weighted by atomic mass is 32.2. The predicted octanol–water partition coefficient (Wildman–Crippen LogP) is 2.60. The van der Waals surface area contributed by atoms with Crippen LogP contribution >= 0.6 is 0 Å². The van der Waals surface area contributed by atoms with Crippen LogP contribution in [0.3, 0.4) is 0 Å². The summed E-state index contributed by atoms with van der Waals surface area (Å²) in [5.41, 5.74) is 1.91. The fraction of sp³-hybridized carbons (Fsp3) is 0.478. The highest BCUT2D eigenvalue weighted by molar-refractivity contribution is 7.89. The van der Waals surface area contributed by atoms with Crippen LogP contribution in [-0.4, -0.2) is 43.8 Å². The van der Waals surface area contributed by atoms with E-state index in [4.69, 9.17) is 4.74 Å². The van der Waals surface area contributed by atoms with Crippen LogP contribution in [0.1, 0.15) is 47.4 Å². The minimum atomic E-state index is -3.84. The van der Waals surface area contributed by atoms with E-state index < -0.39 is 15.9 Å². The number of benzene rings is 1. The maximum atomic E-state index is 13.4. The first-order chi connectivity index (χ1) is 15.0. The topological polar surface area (TPSA) is 109 Å². The Labute approximate surface area is 189 Å². The zero-order valence-electron chi connectivity index (χ0n) is 19.2. The number of H-pyrrole nitrogens is 1. The van der Waals surface area contributed by atoms with Gasteiger partial charge in [-0.25, -0.2) is 8.42 Å². The highest BCUT2D eigenvalue weighted by Crippen LogP contribution is 2.32. The molecule has 1 aromatic heterocycles. The molecule has 2 aromatic rings. The van der Waals surface area contributed by atoms with Crippen LogP contribution in [0, 0.1) is 25.7 Å². The molecular formula is C23H31N3O5S. The Bertz CT molecular complexity index is 1160. The van der Waals surface area contributed by atoms with E-state index in [0.717, 1.165) is 17.7 Å². The predicted molar refractivity (Wildman–Crippen MR) is 122 cm³/mol. The van der Waals surface area contributed by atoms with Crippen LogP contribution in [0.5, 0.6) is 5.75 Å². The molecule has 2 N–H and O–H groups in total. The SMILES string of the molecule is COc1ccc(C(=O)NCc2c(C)cc(C)[nH]c2=O)cc1S(=O)(=O)N1C[C@H](C)C[C@H](C)C1. The number of aromatic nitrogens is 1. The summed E-state index contributed by atoms with van der Waals surface area (Å²) in [5.74, 6) is 0.228. The molecule has 0 unspecified atom stereocenters. The second-order valence-corrected chi connectivity index (χ2v) is 10.7. The number of hydrogen-bond acceptors (Lipinski definition) is 5. The number of piperidine rings is 1. The van der Waals surface area contributed by atoms with Crippen molar-refractivity contribution in [3.63, 3.8) is 0 Å². The number of carbonyl (C=O) groups excluding carboxylic acids is 1. The molecule has 0 aliphatic carbocycles. The molecule has 3 rings (SSSR count). The quantitative estimate of drug-likeness (QED) is 0.687. The van der Waals surface area contributed by atoms with Gasteiger partial charge < -0.3 is 15.0 Å². The van der Waals surface area contributed by atoms with E-state index in [1.165, 1.54) is 29.6 Å². The fourth-order valence-corrected chi connectivity index (χ4v) is 6.19. The summed E-state index contributed by atoms with van der Waals surface area (Å²) in [6.07, 6.45) is 0.975. The number of nitrogens with one attached hydrogen (secondary N) is 2. The largest absolute Gasteiger partial charge is 0.495 e. The lowest BCUT2D eigenvalue weighted by Crippen LogP contribution is -2.42. The normalized spacial score (nSPS) is 19.5. The smallest absolute Gasteiger partial charge is 0.253 e. The van der Waals surface area contributed by atoms with Crippen molar-refractivity contribution in [2.45, 2.75) is 45.6 Å². The summed E-state index contributed by atoms with van der Waals surface area (Å²) in [5, 5.41) is 2.72. The maximum absolute atomic E-state index is 13.4. The molecule has 1 aliphatic rings. The van der Waals surface area contributed by atoms with Gasteiger partial charge in [-0.15, -0.1) is 0 Å². The molecule has 2 heterocycles. The number of hydrogen-bond donors (Lipinski definition) is 2. The highest BCUT2D eigenvalue weighted by Gasteiger charge is 2.34. The van der Waals surface area contributed by atoms with Crippen molar-refractivity contribution < 1.29 is 17.9 Å². The molecule has 8 nitrogen and oxygen atoms in total. The fourth-order valence-electron chi connectivity index (χ4n) is 4.33. The van der Waals surface area contributed by atoms with Crippen LogP contribution in [-0.2, 0) is 16.6 Å². The van der Waals surface area contributed by atoms with E-state index in [2.05, 4.69) is 10.3 Å². The molecule has 0 bridgehead atoms. The molecule has 1 fully saturated rings. The summed E-state index contributed by atoms with van der Waals surface area (Å²) in [6.45, 7) is 8.57. The molecule has 1 amide bonds. The standard InChI is InChI=1S/C23H31N3O5S/c1-14-8-15(2)13-26(12-14)32(29,30)21-10-18(6-7-20(21)31-5)22(27)24-11-19-16(3)9-17(4)25-23(19)28/h6-7,9-10,14-15H,8,11-13H2,1-5H3,(H,24,27)(H,25,28)/t14-,15+. The van der Waals surface area contributed by atoms with Crippen molar-refractivity contribution >= 4 is 15.9 Å². The van der Waals surface area contributed by atoms with Gasteiger partial charge in [-0.3, -0.25) is 9.59 Å². The van der Waals surface area contributed by atoms with Gasteiger partial charge in [0.1, 0.15) is 10.6 Å². The molecule has 0 saturated carbocycles. The van der Waals surface area contributed by atoms with Crippen LogP contribution < -0.4 is 15.6 Å². The van der Waals surface area contributed by atoms with Crippen LogP contribution in [0.2, 0.25) is 0 Å². The van der Waals surface area contributed by atoms with E-state index in [-0.39, 0.29) is 40.1 Å². The average Bonchev–Trinajstić information content (AvgIpc) is 2.71. The maximum Gasteiger partial charge on any atom is 0.253 e. The van der Waals surface area contributed by atoms with Crippen molar-refractivity contribution in [3.8, 4) is 5.75 Å². The summed E-state index contributed by atoms with van der Waals surface area (Å²) in [4.78, 5) is 27.7. The Morgan fingerprint density at radius 1 is 1.19 bits per heavy atom. The van der Waals surface area contributed by atoms with Gasteiger partial charge in [0.2, 0.25) is 10.0 Å². The lowest BCUT2D eigenvalue weighted by Gasteiger charge is -2.34. The van der Waals surface area contributed by atoms with E-state index in [1.54, 1.807) is 6.92 Å². The number of rotatable bonds is 6. The number of nitrogens with zero attached hydrogens (tertiary/aromatic N) is 1. The third-order valence-electron chi connectivity index (χ3n) is 5.80. The van der Waals surface area contributed by atoms with Gasteiger partial charge in [0.05, 0.1) is 7.11 Å². The minimum absolute atomic E-state index is 0.0293. The van der Waals surface area contributed by atoms with Crippen molar-refractivity contribution in [2.75, 3.05) is 20.2 Å². The number of ether oxygens (including phenoxy) is 1. The van der Waals surface area contributed by atoms with Crippen LogP contribution in [0.4, 0.5) is 0 Å². The number of aromatic amines is 1. The molecule has 9 heteroatoms. The number of sulfonamides is 1. The first-order valence-corrected chi connectivity index (χ1v) is 12.1. The van der Waals surface area contributed by atoms with Crippen molar-refractivity contribution in [1.82, 2.24) is 14.6 Å². The Kier molecular flexibility index (Phi) is 7.09. The number of methoxy groups -OCH3 is 1. The van der Waals surface area contributed by atoms with Gasteiger partial charge in [-0.1, -0.05) is 13.8 Å². The second-order valence-electron chi connectivity index (χ2n) is 8.76. The third kappa shape index (κ3) is 5.05. The monoisotopic (exact) mass is 461 g/mol. The summed E-state index contributed by atoms with van der Waals surface area (Å²) in [7, 11) is -2.43. The first-order valence-electron chi connectivity index (χ1n) is 10.7. The zero-order valence-corrected chi connectivity index (χ0v) is 20.0. The van der Waals surface area contributed by atoms with E-state index >= 15 is 0 Å². The first kappa shape index (κ1) is 24.0. The molecule has 0 spiro atoms. The third-order valence-corrected chi connectivity index (χ3v) is 7.65. The summed E-state index contributed by atoms with van der Waals surface area (Å²) in [6, 6.07) is 6.19. The molecule has 32 heavy (non-hydrogen) atoms. The molecule has 2 atom stereocenters. The second kappa shape index (κ2) is 9.46. The van der Waals surface area contributed by atoms with E-state index in [9.17, 15) is 18.0 Å². The lowest BCUT2D eigenvalue weighted by molar-refractivity contribution is 0.0950. The molecule has 1 aliphatic heterocycles. The minimum Gasteiger partial charge on any atom is -0.495 e. The van der Waals surface area contributed by atoms with E-state index in [1.807, 2.05) is 26.8 Å². The molecule has 174 valence electrons. The molecule has 0 radical (unpaired) electrons. The Morgan fingerprint density at radius 2 is 1.84 bits per heavy atom. The number of pyridine rings is 1. The van der Waals surface area contributed by atoms with Crippen LogP contribution in [0.15, 0.2) is 34.0 Å². The van der Waals surface area contributed by atoms with Gasteiger partial charge in [-0.05, 0) is 61.9 Å². The van der Waals surface area contributed by atoms with Crippen molar-refractivity contribution in [3.05, 3.63) is 57.0 Å². The van der Waals surface area contributed by atoms with Gasteiger partial charge in [0, 0.05) is 36.5 Å². The lowest BCUT2D eigenvalue weighted by atomic mass is 9.94. The van der Waals surface area contributed by atoms with E-state index in [0.29, 0.717) is 18.7 Å². The summed E-state index contributed by atoms with van der Waals surface area (Å²) >= 11 is 0. The Balaban J connectivity index is 1.87. The average molecular weight is 462 g/mol. The van der Waals surface area contributed by atoms with Crippen molar-refractivity contribution in [1.29, 1.82) is 0 Å². The number of aryl methyl sites for hydroxylation is 2.